The second-order valence-corrected chi connectivity index (χ2v) is 9.09. The lowest BCUT2D eigenvalue weighted by molar-refractivity contribution is -0.0148. The van der Waals surface area contributed by atoms with E-state index in [0.29, 0.717) is 39.4 Å². The van der Waals surface area contributed by atoms with Crippen molar-refractivity contribution in [2.45, 2.75) is 18.9 Å². The smallest absolute Gasteiger partial charge is 0.417 e. The van der Waals surface area contributed by atoms with Crippen molar-refractivity contribution in [3.63, 3.8) is 0 Å². The van der Waals surface area contributed by atoms with Crippen molar-refractivity contribution >= 4 is 17.0 Å². The van der Waals surface area contributed by atoms with Gasteiger partial charge in [-0.05, 0) is 54.1 Å². The Balaban J connectivity index is 1.49. The number of rotatable bonds is 6. The zero-order valence-corrected chi connectivity index (χ0v) is 19.8. The monoisotopic (exact) mass is 520 g/mol. The summed E-state index contributed by atoms with van der Waals surface area (Å²) >= 11 is 0. The molecule has 8 nitrogen and oxygen atoms in total. The van der Waals surface area contributed by atoms with Crippen LogP contribution < -0.4 is 10.5 Å². The number of hydrogen-bond donors (Lipinski definition) is 2. The Morgan fingerprint density at radius 3 is 2.58 bits per heavy atom. The van der Waals surface area contributed by atoms with Gasteiger partial charge in [0.2, 0.25) is 0 Å². The molecule has 0 aliphatic carbocycles. The largest absolute Gasteiger partial charge is 0.457 e. The van der Waals surface area contributed by atoms with Crippen molar-refractivity contribution in [3.8, 4) is 22.8 Å². The standard InChI is InChI=1S/C27H19F3N4O4/c1-27(29,30)13-34-23(14-4-2-5-17(12-14)37-16-10-8-15(28)9-11-16)20-21(32-33-22(20)25(34)35)18-6-3-7-19-24(18)38-26(36)31-19/h2-12,23H,13H2,1H3,(H,31,36)(H,32,33). The third-order valence-electron chi connectivity index (χ3n) is 6.24. The number of oxazole rings is 1. The minimum atomic E-state index is -3.18. The summed E-state index contributed by atoms with van der Waals surface area (Å²) in [7, 11) is 0. The summed E-state index contributed by atoms with van der Waals surface area (Å²) in [6, 6.07) is 16.1. The fourth-order valence-corrected chi connectivity index (χ4v) is 4.76. The normalized spacial score (nSPS) is 15.3. The van der Waals surface area contributed by atoms with Gasteiger partial charge in [-0.25, -0.2) is 18.0 Å². The van der Waals surface area contributed by atoms with E-state index in [1.165, 1.54) is 24.3 Å². The lowest BCUT2D eigenvalue weighted by Gasteiger charge is -2.28. The zero-order chi connectivity index (χ0) is 26.6. The molecule has 3 aromatic carbocycles. The molecule has 2 aromatic heterocycles. The Hall–Kier alpha value is -4.80. The predicted molar refractivity (Wildman–Crippen MR) is 131 cm³/mol. The fraction of sp³-hybridized carbons (Fsp3) is 0.148. The first-order chi connectivity index (χ1) is 18.2. The molecule has 38 heavy (non-hydrogen) atoms. The number of hydrogen-bond acceptors (Lipinski definition) is 5. The van der Waals surface area contributed by atoms with E-state index in [1.807, 2.05) is 0 Å². The first kappa shape index (κ1) is 23.6. The number of alkyl halides is 2. The second kappa shape index (κ2) is 8.65. The summed E-state index contributed by atoms with van der Waals surface area (Å²) in [6.07, 6.45) is 0. The number of nitrogens with zero attached hydrogens (tertiary/aromatic N) is 2. The Morgan fingerprint density at radius 1 is 1.05 bits per heavy atom. The SMILES string of the molecule is CC(F)(F)CN1C(=O)c2[nH]nc(-c3cccc4[nH]c(=O)oc34)c2C1c1cccc(Oc2ccc(F)cc2)c1. The Bertz CT molecular complexity index is 1730. The maximum atomic E-state index is 14.3. The van der Waals surface area contributed by atoms with Crippen LogP contribution in [0.5, 0.6) is 11.5 Å². The summed E-state index contributed by atoms with van der Waals surface area (Å²) in [6.45, 7) is -0.0998. The quantitative estimate of drug-likeness (QED) is 0.301. The molecule has 1 aliphatic heterocycles. The van der Waals surface area contributed by atoms with Crippen LogP contribution in [0.25, 0.3) is 22.4 Å². The van der Waals surface area contributed by atoms with Crippen LogP contribution in [-0.4, -0.2) is 38.5 Å². The highest BCUT2D eigenvalue weighted by Gasteiger charge is 2.45. The second-order valence-electron chi connectivity index (χ2n) is 9.09. The van der Waals surface area contributed by atoms with Gasteiger partial charge in [0.05, 0.1) is 18.1 Å². The van der Waals surface area contributed by atoms with Crippen LogP contribution in [0.15, 0.2) is 75.9 Å². The van der Waals surface area contributed by atoms with Gasteiger partial charge < -0.3 is 14.1 Å². The minimum absolute atomic E-state index is 0.0639. The van der Waals surface area contributed by atoms with Crippen molar-refractivity contribution in [1.82, 2.24) is 20.1 Å². The van der Waals surface area contributed by atoms with Crippen molar-refractivity contribution in [2.75, 3.05) is 6.54 Å². The van der Waals surface area contributed by atoms with E-state index >= 15 is 0 Å². The van der Waals surface area contributed by atoms with E-state index in [2.05, 4.69) is 15.2 Å². The number of aromatic nitrogens is 3. The molecule has 0 bridgehead atoms. The van der Waals surface area contributed by atoms with Gasteiger partial charge in [0.15, 0.2) is 5.58 Å². The summed E-state index contributed by atoms with van der Waals surface area (Å²) in [4.78, 5) is 28.9. The molecule has 1 unspecified atom stereocenters. The lowest BCUT2D eigenvalue weighted by Crippen LogP contribution is -2.38. The van der Waals surface area contributed by atoms with E-state index < -0.39 is 36.0 Å². The minimum Gasteiger partial charge on any atom is -0.457 e. The van der Waals surface area contributed by atoms with Gasteiger partial charge in [0, 0.05) is 18.1 Å². The van der Waals surface area contributed by atoms with Gasteiger partial charge in [-0.1, -0.05) is 18.2 Å². The van der Waals surface area contributed by atoms with E-state index in [9.17, 15) is 22.8 Å². The number of amides is 1. The third kappa shape index (κ3) is 4.11. The number of para-hydroxylation sites is 1. The summed E-state index contributed by atoms with van der Waals surface area (Å²) < 4.78 is 53.0. The van der Waals surface area contributed by atoms with Gasteiger partial charge in [0.1, 0.15) is 28.7 Å². The number of fused-ring (bicyclic) bond motifs is 2. The van der Waals surface area contributed by atoms with Gasteiger partial charge >= 0.3 is 5.76 Å². The molecule has 1 atom stereocenters. The Morgan fingerprint density at radius 2 is 1.82 bits per heavy atom. The van der Waals surface area contributed by atoms with Crippen LogP contribution in [0.4, 0.5) is 13.2 Å². The van der Waals surface area contributed by atoms with Gasteiger partial charge in [0.25, 0.3) is 11.8 Å². The van der Waals surface area contributed by atoms with Crippen LogP contribution in [-0.2, 0) is 0 Å². The topological polar surface area (TPSA) is 104 Å². The number of benzene rings is 3. The summed E-state index contributed by atoms with van der Waals surface area (Å²) in [5, 5.41) is 7.02. The Labute approximate surface area is 212 Å². The number of nitrogens with one attached hydrogen (secondary N) is 2. The molecule has 0 saturated heterocycles. The molecular formula is C27H19F3N4O4. The number of carbonyl (C=O) groups is 1. The van der Waals surface area contributed by atoms with Crippen molar-refractivity contribution in [3.05, 3.63) is 99.9 Å². The highest BCUT2D eigenvalue weighted by molar-refractivity contribution is 6.02. The third-order valence-corrected chi connectivity index (χ3v) is 6.24. The first-order valence-corrected chi connectivity index (χ1v) is 11.6. The molecular weight excluding hydrogens is 501 g/mol. The molecule has 6 rings (SSSR count). The molecule has 1 aliphatic rings. The number of ether oxygens (including phenoxy) is 1. The number of H-pyrrole nitrogens is 2. The van der Waals surface area contributed by atoms with Crippen LogP contribution in [0.3, 0.4) is 0 Å². The maximum absolute atomic E-state index is 14.3. The van der Waals surface area contributed by atoms with Crippen molar-refractivity contribution in [1.29, 1.82) is 0 Å². The average molecular weight is 520 g/mol. The van der Waals surface area contributed by atoms with Gasteiger partial charge in [-0.2, -0.15) is 5.10 Å². The van der Waals surface area contributed by atoms with Gasteiger partial charge in [-0.15, -0.1) is 0 Å². The molecule has 192 valence electrons. The molecule has 0 radical (unpaired) electrons. The molecule has 0 fully saturated rings. The summed E-state index contributed by atoms with van der Waals surface area (Å²) in [5.74, 6) is -4.16. The predicted octanol–water partition coefficient (Wildman–Crippen LogP) is 5.64. The molecule has 1 amide bonds. The van der Waals surface area contributed by atoms with Crippen LogP contribution in [0.1, 0.15) is 34.6 Å². The highest BCUT2D eigenvalue weighted by atomic mass is 19.3. The van der Waals surface area contributed by atoms with E-state index in [0.717, 1.165) is 11.8 Å². The lowest BCUT2D eigenvalue weighted by atomic mass is 9.95. The number of carbonyl (C=O) groups excluding carboxylic acids is 1. The van der Waals surface area contributed by atoms with E-state index in [1.54, 1.807) is 42.5 Å². The average Bonchev–Trinajstić information content (AvgIpc) is 3.53. The van der Waals surface area contributed by atoms with Crippen molar-refractivity contribution < 1.29 is 27.1 Å². The zero-order valence-electron chi connectivity index (χ0n) is 19.8. The fourth-order valence-electron chi connectivity index (χ4n) is 4.76. The van der Waals surface area contributed by atoms with Crippen LogP contribution in [0.2, 0.25) is 0 Å². The van der Waals surface area contributed by atoms with Crippen LogP contribution >= 0.6 is 0 Å². The highest BCUT2D eigenvalue weighted by Crippen LogP contribution is 2.45. The Kier molecular flexibility index (Phi) is 5.37. The maximum Gasteiger partial charge on any atom is 0.417 e. The molecule has 2 N–H and O–H groups in total. The number of halogens is 3. The van der Waals surface area contributed by atoms with Crippen molar-refractivity contribution in [2.24, 2.45) is 0 Å². The van der Waals surface area contributed by atoms with Gasteiger partial charge in [-0.3, -0.25) is 14.9 Å². The molecule has 11 heteroatoms. The molecule has 0 saturated carbocycles. The van der Waals surface area contributed by atoms with E-state index in [-0.39, 0.29) is 11.3 Å². The number of aromatic amines is 2. The molecule has 0 spiro atoms. The first-order valence-electron chi connectivity index (χ1n) is 11.6. The van der Waals surface area contributed by atoms with E-state index in [4.69, 9.17) is 9.15 Å². The molecule has 3 heterocycles. The van der Waals surface area contributed by atoms with Crippen LogP contribution in [0, 0.1) is 5.82 Å². The summed E-state index contributed by atoms with van der Waals surface area (Å²) in [5.41, 5.74) is 2.29. The molecule has 5 aromatic rings.